The Morgan fingerprint density at radius 1 is 1.73 bits per heavy atom. The van der Waals surface area contributed by atoms with Crippen LogP contribution in [0.15, 0.2) is 0 Å². The van der Waals surface area contributed by atoms with Crippen molar-refractivity contribution in [3.05, 3.63) is 0 Å². The van der Waals surface area contributed by atoms with Crippen molar-refractivity contribution in [1.29, 1.82) is 0 Å². The average molecular weight is 163 g/mol. The molecule has 0 saturated carbocycles. The lowest BCUT2D eigenvalue weighted by Gasteiger charge is -2.22. The first-order valence-electron chi connectivity index (χ1n) is 3.43. The van der Waals surface area contributed by atoms with Gasteiger partial charge in [0.15, 0.2) is 0 Å². The molecule has 0 aromatic heterocycles. The van der Waals surface area contributed by atoms with Gasteiger partial charge in [0.1, 0.15) is 6.04 Å². The second-order valence-electron chi connectivity index (χ2n) is 3.45. The third-order valence-electron chi connectivity index (χ3n) is 1.45. The molecule has 0 spiro atoms. The standard InChI is InChI=1S/C7H14FNO2/c1-7(2,4-8)3-5(9)6(10)11/h5H,3-4,9H2,1-2H3,(H,10,11)/t5-/m0/s1. The van der Waals surface area contributed by atoms with E-state index in [2.05, 4.69) is 0 Å². The maximum atomic E-state index is 12.1. The van der Waals surface area contributed by atoms with E-state index in [4.69, 9.17) is 10.8 Å². The fraction of sp³-hybridized carbons (Fsp3) is 0.857. The van der Waals surface area contributed by atoms with Gasteiger partial charge in [-0.3, -0.25) is 9.18 Å². The number of carboxylic acids is 1. The average Bonchev–Trinajstić information content (AvgIpc) is 1.87. The summed E-state index contributed by atoms with van der Waals surface area (Å²) in [6.07, 6.45) is 0.166. The molecule has 0 aliphatic heterocycles. The molecule has 0 aromatic carbocycles. The Hall–Kier alpha value is -0.640. The third kappa shape index (κ3) is 3.93. The van der Waals surface area contributed by atoms with Gasteiger partial charge in [-0.05, 0) is 11.8 Å². The zero-order valence-electron chi connectivity index (χ0n) is 6.80. The van der Waals surface area contributed by atoms with Crippen LogP contribution in [0.4, 0.5) is 4.39 Å². The largest absolute Gasteiger partial charge is 0.480 e. The predicted molar refractivity (Wildman–Crippen MR) is 40.0 cm³/mol. The van der Waals surface area contributed by atoms with Gasteiger partial charge in [-0.15, -0.1) is 0 Å². The van der Waals surface area contributed by atoms with Crippen LogP contribution in [0.3, 0.4) is 0 Å². The lowest BCUT2D eigenvalue weighted by Crippen LogP contribution is -2.35. The van der Waals surface area contributed by atoms with Gasteiger partial charge in [-0.2, -0.15) is 0 Å². The van der Waals surface area contributed by atoms with Crippen LogP contribution in [0.1, 0.15) is 20.3 Å². The molecule has 0 rings (SSSR count). The van der Waals surface area contributed by atoms with Crippen molar-refractivity contribution in [2.45, 2.75) is 26.3 Å². The van der Waals surface area contributed by atoms with Gasteiger partial charge in [0.2, 0.25) is 0 Å². The van der Waals surface area contributed by atoms with Gasteiger partial charge in [0.05, 0.1) is 6.67 Å². The van der Waals surface area contributed by atoms with E-state index in [9.17, 15) is 9.18 Å². The second-order valence-corrected chi connectivity index (χ2v) is 3.45. The van der Waals surface area contributed by atoms with Crippen molar-refractivity contribution in [3.8, 4) is 0 Å². The highest BCUT2D eigenvalue weighted by molar-refractivity contribution is 5.73. The van der Waals surface area contributed by atoms with Gasteiger partial charge in [0.25, 0.3) is 0 Å². The summed E-state index contributed by atoms with van der Waals surface area (Å²) in [6, 6.07) is -0.958. The van der Waals surface area contributed by atoms with E-state index in [0.717, 1.165) is 0 Å². The summed E-state index contributed by atoms with van der Waals surface area (Å²) in [6.45, 7) is 2.75. The fourth-order valence-electron chi connectivity index (χ4n) is 0.737. The molecule has 0 aliphatic carbocycles. The van der Waals surface area contributed by atoms with Crippen LogP contribution in [0, 0.1) is 5.41 Å². The number of hydrogen-bond donors (Lipinski definition) is 2. The SMILES string of the molecule is CC(C)(CF)C[C@H](N)C(=O)O. The number of carboxylic acid groups (broad SMARTS) is 1. The number of hydrogen-bond acceptors (Lipinski definition) is 2. The molecule has 4 heteroatoms. The van der Waals surface area contributed by atoms with E-state index in [-0.39, 0.29) is 6.42 Å². The highest BCUT2D eigenvalue weighted by atomic mass is 19.1. The summed E-state index contributed by atoms with van der Waals surface area (Å²) < 4.78 is 12.1. The molecule has 0 fully saturated rings. The summed E-state index contributed by atoms with van der Waals surface area (Å²) in [5.74, 6) is -1.08. The number of halogens is 1. The Morgan fingerprint density at radius 3 is 2.45 bits per heavy atom. The number of rotatable bonds is 4. The van der Waals surface area contributed by atoms with Crippen LogP contribution in [0.2, 0.25) is 0 Å². The Kier molecular flexibility index (Phi) is 3.45. The van der Waals surface area contributed by atoms with Gasteiger partial charge in [-0.1, -0.05) is 13.8 Å². The maximum absolute atomic E-state index is 12.1. The summed E-state index contributed by atoms with van der Waals surface area (Å²) in [4.78, 5) is 10.2. The summed E-state index contributed by atoms with van der Waals surface area (Å²) >= 11 is 0. The molecule has 66 valence electrons. The molecule has 0 unspecified atom stereocenters. The van der Waals surface area contributed by atoms with Crippen LogP contribution in [-0.4, -0.2) is 23.8 Å². The van der Waals surface area contributed by atoms with E-state index in [1.54, 1.807) is 13.8 Å². The van der Waals surface area contributed by atoms with E-state index >= 15 is 0 Å². The van der Waals surface area contributed by atoms with Gasteiger partial charge >= 0.3 is 5.97 Å². The Bertz CT molecular complexity index is 147. The van der Waals surface area contributed by atoms with Crippen molar-refractivity contribution in [2.75, 3.05) is 6.67 Å². The Morgan fingerprint density at radius 2 is 2.18 bits per heavy atom. The van der Waals surface area contributed by atoms with Crippen LogP contribution in [0.25, 0.3) is 0 Å². The lowest BCUT2D eigenvalue weighted by molar-refractivity contribution is -0.139. The first-order valence-corrected chi connectivity index (χ1v) is 3.43. The molecular formula is C7H14FNO2. The summed E-state index contributed by atoms with van der Waals surface area (Å²) in [7, 11) is 0. The fourth-order valence-corrected chi connectivity index (χ4v) is 0.737. The van der Waals surface area contributed by atoms with Gasteiger partial charge in [-0.25, -0.2) is 0 Å². The van der Waals surface area contributed by atoms with Crippen molar-refractivity contribution in [3.63, 3.8) is 0 Å². The molecule has 3 nitrogen and oxygen atoms in total. The molecule has 3 N–H and O–H groups in total. The quantitative estimate of drug-likeness (QED) is 0.643. The third-order valence-corrected chi connectivity index (χ3v) is 1.45. The number of carbonyl (C=O) groups is 1. The van der Waals surface area contributed by atoms with Crippen molar-refractivity contribution in [1.82, 2.24) is 0 Å². The smallest absolute Gasteiger partial charge is 0.320 e. The first-order chi connectivity index (χ1) is 4.89. The molecule has 1 atom stereocenters. The van der Waals surface area contributed by atoms with Crippen LogP contribution >= 0.6 is 0 Å². The zero-order chi connectivity index (χ0) is 9.07. The monoisotopic (exact) mass is 163 g/mol. The zero-order valence-corrected chi connectivity index (χ0v) is 6.80. The Balaban J connectivity index is 3.93. The predicted octanol–water partition coefficient (Wildman–Crippen LogP) is 0.784. The summed E-state index contributed by atoms with van der Waals surface area (Å²) in [5.41, 5.74) is 4.58. The molecule has 0 heterocycles. The molecule has 0 saturated heterocycles. The molecular weight excluding hydrogens is 149 g/mol. The van der Waals surface area contributed by atoms with Gasteiger partial charge in [0, 0.05) is 0 Å². The molecule has 0 aromatic rings. The highest BCUT2D eigenvalue weighted by Gasteiger charge is 2.24. The van der Waals surface area contributed by atoms with Crippen LogP contribution < -0.4 is 5.73 Å². The maximum Gasteiger partial charge on any atom is 0.320 e. The van der Waals surface area contributed by atoms with Crippen molar-refractivity contribution >= 4 is 5.97 Å². The normalized spacial score (nSPS) is 14.5. The van der Waals surface area contributed by atoms with Crippen molar-refractivity contribution in [2.24, 2.45) is 11.1 Å². The molecule has 0 aliphatic rings. The number of nitrogens with two attached hydrogens (primary N) is 1. The number of aliphatic carboxylic acids is 1. The summed E-state index contributed by atoms with van der Waals surface area (Å²) in [5, 5.41) is 8.39. The van der Waals surface area contributed by atoms with E-state index in [1.807, 2.05) is 0 Å². The van der Waals surface area contributed by atoms with Crippen molar-refractivity contribution < 1.29 is 14.3 Å². The van der Waals surface area contributed by atoms with Crippen LogP contribution in [-0.2, 0) is 4.79 Å². The minimum atomic E-state index is -1.08. The highest BCUT2D eigenvalue weighted by Crippen LogP contribution is 2.21. The minimum Gasteiger partial charge on any atom is -0.480 e. The molecule has 0 amide bonds. The van der Waals surface area contributed by atoms with E-state index in [1.165, 1.54) is 0 Å². The van der Waals surface area contributed by atoms with Gasteiger partial charge < -0.3 is 10.8 Å². The molecule has 0 radical (unpaired) electrons. The Labute approximate surface area is 65.4 Å². The number of alkyl halides is 1. The lowest BCUT2D eigenvalue weighted by atomic mass is 9.87. The molecule has 11 heavy (non-hydrogen) atoms. The van der Waals surface area contributed by atoms with E-state index < -0.39 is 24.1 Å². The molecule has 0 bridgehead atoms. The first kappa shape index (κ1) is 10.4. The minimum absolute atomic E-state index is 0.166. The topological polar surface area (TPSA) is 63.3 Å². The second kappa shape index (κ2) is 3.67. The van der Waals surface area contributed by atoms with E-state index in [0.29, 0.717) is 0 Å². The van der Waals surface area contributed by atoms with Crippen LogP contribution in [0.5, 0.6) is 0 Å².